The van der Waals surface area contributed by atoms with Crippen molar-refractivity contribution in [2.75, 3.05) is 18.2 Å². The largest absolute Gasteiger partial charge is 0.481 e. The van der Waals surface area contributed by atoms with Crippen molar-refractivity contribution in [3.05, 3.63) is 53.4 Å². The van der Waals surface area contributed by atoms with Gasteiger partial charge >= 0.3 is 5.97 Å². The van der Waals surface area contributed by atoms with Crippen LogP contribution in [0, 0.1) is 0 Å². The highest BCUT2D eigenvalue weighted by atomic mass is 32.2. The predicted octanol–water partition coefficient (Wildman–Crippen LogP) is 6.68. The quantitative estimate of drug-likeness (QED) is 0.204. The van der Waals surface area contributed by atoms with Gasteiger partial charge in [-0.1, -0.05) is 32.1 Å². The molecule has 1 aromatic heterocycles. The van der Waals surface area contributed by atoms with Gasteiger partial charge in [0.2, 0.25) is 0 Å². The van der Waals surface area contributed by atoms with Gasteiger partial charge in [-0.2, -0.15) is 0 Å². The highest BCUT2D eigenvalue weighted by molar-refractivity contribution is 8.03. The molecular weight excluding hydrogens is 400 g/mol. The molecule has 3 nitrogen and oxygen atoms in total. The molecule has 0 saturated heterocycles. The number of carbonyl (C=O) groups is 1. The fourth-order valence-corrected chi connectivity index (χ4v) is 4.05. The second kappa shape index (κ2) is 14.4. The second-order valence-electron chi connectivity index (χ2n) is 5.97. The molecule has 1 N–H and O–H groups in total. The van der Waals surface area contributed by atoms with Gasteiger partial charge in [0.25, 0.3) is 0 Å². The van der Waals surface area contributed by atoms with Gasteiger partial charge in [-0.05, 0) is 48.5 Å². The lowest BCUT2D eigenvalue weighted by Crippen LogP contribution is -1.94. The van der Waals surface area contributed by atoms with Crippen molar-refractivity contribution in [3.8, 4) is 0 Å². The summed E-state index contributed by atoms with van der Waals surface area (Å²) in [7, 11) is 0. The van der Waals surface area contributed by atoms with Crippen LogP contribution in [0.2, 0.25) is 0 Å². The number of pyridine rings is 1. The molecule has 154 valence electrons. The Bertz CT molecular complexity index is 705. The third kappa shape index (κ3) is 9.06. The minimum absolute atomic E-state index is 0.0456. The van der Waals surface area contributed by atoms with Crippen molar-refractivity contribution in [2.45, 2.75) is 44.1 Å². The molecule has 0 aliphatic carbocycles. The van der Waals surface area contributed by atoms with E-state index >= 15 is 0 Å². The summed E-state index contributed by atoms with van der Waals surface area (Å²) in [4.78, 5) is 14.9. The summed E-state index contributed by atoms with van der Waals surface area (Å²) in [5.74, 6) is 0.0223. The Balaban J connectivity index is 2.84. The average molecular weight is 428 g/mol. The number of alkyl halides is 1. The Morgan fingerprint density at radius 2 is 2.11 bits per heavy atom. The van der Waals surface area contributed by atoms with E-state index in [4.69, 9.17) is 5.11 Å². The molecule has 1 heterocycles. The van der Waals surface area contributed by atoms with Crippen LogP contribution in [-0.4, -0.2) is 34.2 Å². The molecule has 1 rings (SSSR count). The third-order valence-corrected chi connectivity index (χ3v) is 6.08. The molecule has 0 saturated carbocycles. The average Bonchev–Trinajstić information content (AvgIpc) is 2.69. The van der Waals surface area contributed by atoms with Gasteiger partial charge in [0, 0.05) is 18.2 Å². The van der Waals surface area contributed by atoms with Gasteiger partial charge in [-0.3, -0.25) is 4.79 Å². The zero-order valence-electron chi connectivity index (χ0n) is 16.1. The Labute approximate surface area is 174 Å². The maximum absolute atomic E-state index is 14.6. The van der Waals surface area contributed by atoms with E-state index in [1.165, 1.54) is 6.08 Å². The Kier molecular flexibility index (Phi) is 12.6. The van der Waals surface area contributed by atoms with Crippen LogP contribution in [0.3, 0.4) is 0 Å². The zero-order valence-corrected chi connectivity index (χ0v) is 17.8. The first-order chi connectivity index (χ1) is 13.5. The SMILES string of the molecule is C=C/C(=C\C(F)=C(/CF)SCCCCCC(=O)O)c1cccnc1SCCC. The van der Waals surface area contributed by atoms with E-state index in [9.17, 15) is 13.6 Å². The number of thioether (sulfide) groups is 2. The molecule has 1 aromatic rings. The minimum Gasteiger partial charge on any atom is -0.481 e. The number of nitrogens with zero attached hydrogens (tertiary/aromatic N) is 1. The molecule has 0 atom stereocenters. The van der Waals surface area contributed by atoms with Crippen LogP contribution >= 0.6 is 23.5 Å². The first-order valence-electron chi connectivity index (χ1n) is 9.25. The molecule has 0 spiro atoms. The van der Waals surface area contributed by atoms with E-state index in [0.717, 1.165) is 40.9 Å². The second-order valence-corrected chi connectivity index (χ2v) is 8.24. The summed E-state index contributed by atoms with van der Waals surface area (Å²) < 4.78 is 28.0. The molecular formula is C21H27F2NO2S2. The number of allylic oxidation sites excluding steroid dienone is 5. The fourth-order valence-electron chi connectivity index (χ4n) is 2.31. The summed E-state index contributed by atoms with van der Waals surface area (Å²) >= 11 is 2.73. The lowest BCUT2D eigenvalue weighted by molar-refractivity contribution is -0.137. The minimum atomic E-state index is -0.878. The molecule has 0 aromatic carbocycles. The fraction of sp³-hybridized carbons (Fsp3) is 0.429. The highest BCUT2D eigenvalue weighted by Crippen LogP contribution is 2.31. The van der Waals surface area contributed by atoms with Gasteiger partial charge in [-0.15, -0.1) is 23.5 Å². The maximum atomic E-state index is 14.6. The van der Waals surface area contributed by atoms with Crippen LogP contribution in [0.15, 0.2) is 52.8 Å². The van der Waals surface area contributed by atoms with Crippen LogP contribution in [0.4, 0.5) is 8.78 Å². The monoisotopic (exact) mass is 427 g/mol. The smallest absolute Gasteiger partial charge is 0.303 e. The van der Waals surface area contributed by atoms with Gasteiger partial charge in [0.15, 0.2) is 0 Å². The molecule has 0 radical (unpaired) electrons. The van der Waals surface area contributed by atoms with Crippen molar-refractivity contribution in [2.24, 2.45) is 0 Å². The number of hydrogen-bond acceptors (Lipinski definition) is 4. The predicted molar refractivity (Wildman–Crippen MR) is 116 cm³/mol. The van der Waals surface area contributed by atoms with Crippen molar-refractivity contribution in [1.29, 1.82) is 0 Å². The van der Waals surface area contributed by atoms with Crippen molar-refractivity contribution >= 4 is 35.1 Å². The number of halogens is 2. The van der Waals surface area contributed by atoms with Crippen LogP contribution in [0.1, 0.15) is 44.6 Å². The lowest BCUT2D eigenvalue weighted by atomic mass is 10.1. The number of rotatable bonds is 14. The van der Waals surface area contributed by atoms with Gasteiger partial charge < -0.3 is 5.11 Å². The first kappa shape index (κ1) is 24.4. The number of aliphatic carboxylic acids is 1. The van der Waals surface area contributed by atoms with Crippen LogP contribution in [-0.2, 0) is 4.79 Å². The maximum Gasteiger partial charge on any atom is 0.303 e. The number of carboxylic acids is 1. The summed E-state index contributed by atoms with van der Waals surface area (Å²) in [6, 6.07) is 3.64. The van der Waals surface area contributed by atoms with Crippen molar-refractivity contribution in [1.82, 2.24) is 4.98 Å². The molecule has 0 aliphatic rings. The molecule has 28 heavy (non-hydrogen) atoms. The molecule has 0 aliphatic heterocycles. The first-order valence-corrected chi connectivity index (χ1v) is 11.2. The van der Waals surface area contributed by atoms with Crippen molar-refractivity contribution in [3.63, 3.8) is 0 Å². The van der Waals surface area contributed by atoms with E-state index < -0.39 is 18.5 Å². The van der Waals surface area contributed by atoms with E-state index in [0.29, 0.717) is 24.2 Å². The van der Waals surface area contributed by atoms with E-state index in [1.54, 1.807) is 30.1 Å². The third-order valence-electron chi connectivity index (χ3n) is 3.73. The lowest BCUT2D eigenvalue weighted by Gasteiger charge is -2.09. The normalized spacial score (nSPS) is 12.6. The molecule has 7 heteroatoms. The summed E-state index contributed by atoms with van der Waals surface area (Å²) in [6.07, 6.45) is 7.70. The Morgan fingerprint density at radius 1 is 1.32 bits per heavy atom. The molecule has 0 fully saturated rings. The molecule has 0 amide bonds. The van der Waals surface area contributed by atoms with E-state index in [-0.39, 0.29) is 11.3 Å². The van der Waals surface area contributed by atoms with Crippen LogP contribution < -0.4 is 0 Å². The number of hydrogen-bond donors (Lipinski definition) is 1. The van der Waals surface area contributed by atoms with E-state index in [1.807, 2.05) is 6.07 Å². The zero-order chi connectivity index (χ0) is 20.8. The molecule has 0 bridgehead atoms. The van der Waals surface area contributed by atoms with E-state index in [2.05, 4.69) is 18.5 Å². The standard InChI is InChI=1S/C21H27F2NO2S2/c1-3-12-28-21-17(9-8-11-24-21)16(4-2)14-18(23)19(15-22)27-13-7-5-6-10-20(25)26/h4,8-9,11,14H,2-3,5-7,10,12-13,15H2,1H3,(H,25,26)/b16-14+,19-18-. The van der Waals surface area contributed by atoms with Crippen LogP contribution in [0.5, 0.6) is 0 Å². The number of carboxylic acid groups (broad SMARTS) is 1. The van der Waals surface area contributed by atoms with Crippen LogP contribution in [0.25, 0.3) is 5.57 Å². The van der Waals surface area contributed by atoms with Gasteiger partial charge in [0.1, 0.15) is 17.5 Å². The highest BCUT2D eigenvalue weighted by Gasteiger charge is 2.11. The topological polar surface area (TPSA) is 50.2 Å². The summed E-state index contributed by atoms with van der Waals surface area (Å²) in [5.41, 5.74) is 1.35. The van der Waals surface area contributed by atoms with Gasteiger partial charge in [0.05, 0.1) is 4.91 Å². The number of aromatic nitrogens is 1. The Morgan fingerprint density at radius 3 is 2.75 bits per heavy atom. The van der Waals surface area contributed by atoms with Crippen molar-refractivity contribution < 1.29 is 18.7 Å². The Hall–Kier alpha value is -1.60. The summed E-state index contributed by atoms with van der Waals surface area (Å²) in [5, 5.41) is 9.41. The molecule has 0 unspecified atom stereocenters. The van der Waals surface area contributed by atoms with Gasteiger partial charge in [-0.25, -0.2) is 13.8 Å². The number of unbranched alkanes of at least 4 members (excludes halogenated alkanes) is 2. The summed E-state index contributed by atoms with van der Waals surface area (Å²) in [6.45, 7) is 4.96.